The van der Waals surface area contributed by atoms with Crippen molar-refractivity contribution in [3.63, 3.8) is 0 Å². The van der Waals surface area contributed by atoms with Gasteiger partial charge in [0.15, 0.2) is 0 Å². The third-order valence-electron chi connectivity index (χ3n) is 1.77. The van der Waals surface area contributed by atoms with Gasteiger partial charge in [0.25, 0.3) is 0 Å². The number of hydrogen-bond acceptors (Lipinski definition) is 1. The molecule has 1 atom stereocenters. The minimum atomic E-state index is -1.36. The Morgan fingerprint density at radius 1 is 1.44 bits per heavy atom. The largest absolute Gasteiger partial charge is 0.234 e. The first kappa shape index (κ1) is 13.5. The number of nitrogens with zero attached hydrogens (tertiary/aromatic N) is 1. The van der Waals surface area contributed by atoms with Crippen LogP contribution < -0.4 is 0 Å². The molecule has 0 unspecified atom stereocenters. The van der Waals surface area contributed by atoms with E-state index in [4.69, 9.17) is 0 Å². The molecule has 5 heteroatoms. The minimum absolute atomic E-state index is 0.334. The van der Waals surface area contributed by atoms with Gasteiger partial charge < -0.3 is 0 Å². The highest BCUT2D eigenvalue weighted by atomic mass is 79.9. The van der Waals surface area contributed by atoms with E-state index >= 15 is 0 Å². The monoisotopic (exact) mass is 305 g/mol. The molecule has 0 spiro atoms. The van der Waals surface area contributed by atoms with E-state index in [1.807, 2.05) is 20.8 Å². The van der Waals surface area contributed by atoms with Crippen molar-refractivity contribution in [1.29, 1.82) is 0 Å². The van der Waals surface area contributed by atoms with Gasteiger partial charge in [0, 0.05) is 16.3 Å². The molecular weight excluding hydrogens is 293 g/mol. The summed E-state index contributed by atoms with van der Waals surface area (Å²) in [7, 11) is -1.36. The van der Waals surface area contributed by atoms with Crippen LogP contribution in [-0.4, -0.2) is 15.2 Å². The van der Waals surface area contributed by atoms with Crippen LogP contribution in [0, 0.1) is 5.82 Å². The quantitative estimate of drug-likeness (QED) is 0.769. The van der Waals surface area contributed by atoms with Crippen LogP contribution in [-0.2, 0) is 11.0 Å². The highest BCUT2D eigenvalue weighted by Crippen LogP contribution is 2.15. The third-order valence-corrected chi connectivity index (χ3v) is 3.61. The Balaban J connectivity index is 2.89. The molecule has 88 valence electrons. The van der Waals surface area contributed by atoms with Crippen LogP contribution in [0.1, 0.15) is 26.3 Å². The zero-order valence-electron chi connectivity index (χ0n) is 9.33. The molecule has 1 rings (SSSR count). The lowest BCUT2D eigenvalue weighted by atomic mass is 10.2. The number of rotatable bonds is 2. The first-order valence-electron chi connectivity index (χ1n) is 4.72. The van der Waals surface area contributed by atoms with Crippen molar-refractivity contribution in [3.05, 3.63) is 34.1 Å². The van der Waals surface area contributed by atoms with Crippen molar-refractivity contribution in [3.8, 4) is 0 Å². The van der Waals surface area contributed by atoms with Crippen LogP contribution in [0.3, 0.4) is 0 Å². The van der Waals surface area contributed by atoms with Crippen molar-refractivity contribution < 1.29 is 8.60 Å². The molecule has 0 amide bonds. The van der Waals surface area contributed by atoms with Crippen LogP contribution in [0.25, 0.3) is 0 Å². The van der Waals surface area contributed by atoms with E-state index in [2.05, 4.69) is 20.3 Å². The van der Waals surface area contributed by atoms with Crippen molar-refractivity contribution in [1.82, 2.24) is 0 Å². The van der Waals surface area contributed by atoms with Gasteiger partial charge in [-0.2, -0.15) is 4.40 Å². The van der Waals surface area contributed by atoms with E-state index in [-0.39, 0.29) is 5.82 Å². The van der Waals surface area contributed by atoms with Crippen molar-refractivity contribution in [2.24, 2.45) is 4.40 Å². The van der Waals surface area contributed by atoms with Crippen molar-refractivity contribution in [2.45, 2.75) is 25.5 Å². The molecule has 2 nitrogen and oxygen atoms in total. The summed E-state index contributed by atoms with van der Waals surface area (Å²) in [6, 6.07) is 4.65. The maximum atomic E-state index is 13.4. The van der Waals surface area contributed by atoms with Crippen LogP contribution in [0.15, 0.2) is 27.1 Å². The van der Waals surface area contributed by atoms with Gasteiger partial charge in [-0.05, 0) is 39.0 Å². The van der Waals surface area contributed by atoms with E-state index in [9.17, 15) is 8.60 Å². The van der Waals surface area contributed by atoms with Crippen molar-refractivity contribution >= 4 is 33.1 Å². The molecule has 1 aromatic rings. The molecule has 0 heterocycles. The number of benzene rings is 1. The molecule has 0 aromatic heterocycles. The number of hydrogen-bond donors (Lipinski definition) is 0. The maximum Gasteiger partial charge on any atom is 0.144 e. The summed E-state index contributed by atoms with van der Waals surface area (Å²) in [5.41, 5.74) is 0.334. The average Bonchev–Trinajstić information content (AvgIpc) is 2.14. The summed E-state index contributed by atoms with van der Waals surface area (Å²) in [6.07, 6.45) is 1.31. The molecule has 0 aliphatic carbocycles. The average molecular weight is 306 g/mol. The first-order valence-corrected chi connectivity index (χ1v) is 6.62. The molecule has 0 aliphatic rings. The van der Waals surface area contributed by atoms with Gasteiger partial charge >= 0.3 is 0 Å². The topological polar surface area (TPSA) is 29.4 Å². The molecule has 16 heavy (non-hydrogen) atoms. The molecule has 0 saturated carbocycles. The lowest BCUT2D eigenvalue weighted by Crippen LogP contribution is -2.19. The Morgan fingerprint density at radius 3 is 2.56 bits per heavy atom. The Bertz CT molecular complexity index is 440. The van der Waals surface area contributed by atoms with Gasteiger partial charge in [0.2, 0.25) is 0 Å². The van der Waals surface area contributed by atoms with Gasteiger partial charge in [0.05, 0.1) is 4.75 Å². The summed E-state index contributed by atoms with van der Waals surface area (Å²) in [4.78, 5) is 0. The van der Waals surface area contributed by atoms with E-state index in [1.165, 1.54) is 12.3 Å². The second-order valence-corrected chi connectivity index (χ2v) is 7.11. The van der Waals surface area contributed by atoms with Gasteiger partial charge in [0.1, 0.15) is 16.8 Å². The molecule has 0 N–H and O–H groups in total. The summed E-state index contributed by atoms with van der Waals surface area (Å²) in [5.74, 6) is -0.385. The first-order chi connectivity index (χ1) is 7.30. The Hall–Kier alpha value is -0.550. The number of halogens is 2. The predicted molar refractivity (Wildman–Crippen MR) is 69.6 cm³/mol. The van der Waals surface area contributed by atoms with E-state index in [0.29, 0.717) is 10.0 Å². The molecule has 0 bridgehead atoms. The Kier molecular flexibility index (Phi) is 4.38. The van der Waals surface area contributed by atoms with Gasteiger partial charge in [-0.3, -0.25) is 0 Å². The maximum absolute atomic E-state index is 13.4. The van der Waals surface area contributed by atoms with Gasteiger partial charge in [-0.1, -0.05) is 15.9 Å². The Labute approximate surface area is 106 Å². The van der Waals surface area contributed by atoms with E-state index in [0.717, 1.165) is 0 Å². The molecule has 0 aliphatic heterocycles. The summed E-state index contributed by atoms with van der Waals surface area (Å²) < 4.78 is 29.1. The SMILES string of the molecule is CC(C)(C)[S@@](=O)N=Cc1ccc(Br)cc1F. The zero-order chi connectivity index (χ0) is 12.3. The van der Waals surface area contributed by atoms with Crippen LogP contribution in [0.2, 0.25) is 0 Å². The molecule has 0 saturated heterocycles. The second-order valence-electron chi connectivity index (χ2n) is 4.26. The molecule has 0 fully saturated rings. The van der Waals surface area contributed by atoms with Gasteiger partial charge in [-0.25, -0.2) is 8.60 Å². The zero-order valence-corrected chi connectivity index (χ0v) is 11.7. The van der Waals surface area contributed by atoms with Crippen LogP contribution in [0.5, 0.6) is 0 Å². The highest BCUT2D eigenvalue weighted by Gasteiger charge is 2.18. The summed E-state index contributed by atoms with van der Waals surface area (Å²) in [5, 5.41) is 0. The predicted octanol–water partition coefficient (Wildman–Crippen LogP) is 3.47. The third kappa shape index (κ3) is 3.79. The van der Waals surface area contributed by atoms with Gasteiger partial charge in [-0.15, -0.1) is 0 Å². The van der Waals surface area contributed by atoms with E-state index in [1.54, 1.807) is 12.1 Å². The van der Waals surface area contributed by atoms with Crippen molar-refractivity contribution in [2.75, 3.05) is 0 Å². The highest BCUT2D eigenvalue weighted by molar-refractivity contribution is 9.10. The lowest BCUT2D eigenvalue weighted by molar-refractivity contribution is 0.625. The summed E-state index contributed by atoms with van der Waals surface area (Å²) in [6.45, 7) is 5.45. The fourth-order valence-electron chi connectivity index (χ4n) is 0.869. The standard InChI is InChI=1S/C11H13BrFNOS/c1-11(2,3)16(15)14-7-8-4-5-9(12)6-10(8)13/h4-7H,1-3H3/t16-/m1/s1. The fraction of sp³-hybridized carbons (Fsp3) is 0.364. The van der Waals surface area contributed by atoms with Crippen LogP contribution >= 0.6 is 15.9 Å². The molecule has 1 aromatic carbocycles. The molecular formula is C11H13BrFNOS. The minimum Gasteiger partial charge on any atom is -0.234 e. The smallest absolute Gasteiger partial charge is 0.144 e. The normalized spacial score (nSPS) is 14.3. The molecule has 0 radical (unpaired) electrons. The summed E-state index contributed by atoms with van der Waals surface area (Å²) >= 11 is 3.16. The fourth-order valence-corrected chi connectivity index (χ4v) is 1.73. The van der Waals surface area contributed by atoms with E-state index < -0.39 is 15.7 Å². The lowest BCUT2D eigenvalue weighted by Gasteiger charge is -2.12. The Morgan fingerprint density at radius 2 is 2.06 bits per heavy atom. The second kappa shape index (κ2) is 5.19. The van der Waals surface area contributed by atoms with Crippen LogP contribution in [0.4, 0.5) is 4.39 Å².